The molecule has 1 aromatic heterocycles. The Balaban J connectivity index is 1.60. The van der Waals surface area contributed by atoms with Gasteiger partial charge in [0, 0.05) is 42.9 Å². The van der Waals surface area contributed by atoms with Crippen molar-refractivity contribution in [3.63, 3.8) is 0 Å². The minimum Gasteiger partial charge on any atom is -0.346 e. The van der Waals surface area contributed by atoms with Crippen LogP contribution in [0.4, 0.5) is 5.13 Å². The van der Waals surface area contributed by atoms with Gasteiger partial charge in [0.15, 0.2) is 5.13 Å². The lowest BCUT2D eigenvalue weighted by molar-refractivity contribution is 0.0767. The molecule has 25 heavy (non-hydrogen) atoms. The Kier molecular flexibility index (Phi) is 6.37. The molecule has 6 heteroatoms. The molecule has 0 radical (unpaired) electrons. The number of thiazole rings is 1. The second-order valence-corrected chi connectivity index (χ2v) is 8.35. The van der Waals surface area contributed by atoms with E-state index in [2.05, 4.69) is 34.3 Å². The third kappa shape index (κ3) is 4.76. The van der Waals surface area contributed by atoms with Crippen LogP contribution in [0.25, 0.3) is 0 Å². The van der Waals surface area contributed by atoms with Gasteiger partial charge in [0.25, 0.3) is 5.91 Å². The fourth-order valence-electron chi connectivity index (χ4n) is 2.94. The highest BCUT2D eigenvalue weighted by atomic mass is 32.2. The highest BCUT2D eigenvalue weighted by Crippen LogP contribution is 2.22. The van der Waals surface area contributed by atoms with Crippen LogP contribution in [0.3, 0.4) is 0 Å². The number of amides is 1. The predicted molar refractivity (Wildman–Crippen MR) is 108 cm³/mol. The van der Waals surface area contributed by atoms with Gasteiger partial charge in [-0.2, -0.15) is 11.8 Å². The van der Waals surface area contributed by atoms with E-state index in [0.717, 1.165) is 60.5 Å². The first-order valence-corrected chi connectivity index (χ1v) is 10.8. The Morgan fingerprint density at radius 2 is 2.00 bits per heavy atom. The number of nitrogens with zero attached hydrogens (tertiary/aromatic N) is 3. The van der Waals surface area contributed by atoms with E-state index in [1.165, 1.54) is 5.56 Å². The van der Waals surface area contributed by atoms with Crippen LogP contribution in [0.1, 0.15) is 35.0 Å². The van der Waals surface area contributed by atoms with Crippen LogP contribution >= 0.6 is 23.1 Å². The Labute approximate surface area is 158 Å². The van der Waals surface area contributed by atoms with Crippen LogP contribution in [0.2, 0.25) is 0 Å². The first-order chi connectivity index (χ1) is 12.2. The van der Waals surface area contributed by atoms with Gasteiger partial charge >= 0.3 is 0 Å². The van der Waals surface area contributed by atoms with Crippen molar-refractivity contribution in [1.82, 2.24) is 9.88 Å². The summed E-state index contributed by atoms with van der Waals surface area (Å²) in [4.78, 5) is 21.7. The number of carbonyl (C=O) groups excluding carboxylic acids is 1. The van der Waals surface area contributed by atoms with Crippen LogP contribution in [-0.4, -0.2) is 47.7 Å². The number of carbonyl (C=O) groups is 1. The Hall–Kier alpha value is -1.53. The maximum absolute atomic E-state index is 12.8. The molecular formula is C19H25N3OS2. The zero-order valence-corrected chi connectivity index (χ0v) is 16.5. The van der Waals surface area contributed by atoms with Crippen molar-refractivity contribution in [2.24, 2.45) is 0 Å². The number of thioether (sulfide) groups is 1. The first-order valence-electron chi connectivity index (χ1n) is 8.80. The zero-order chi connectivity index (χ0) is 17.6. The molecule has 0 saturated carbocycles. The van der Waals surface area contributed by atoms with E-state index in [1.54, 1.807) is 11.3 Å². The molecule has 0 atom stereocenters. The Bertz CT molecular complexity index is 699. The molecular weight excluding hydrogens is 350 g/mol. The van der Waals surface area contributed by atoms with Gasteiger partial charge in [-0.15, -0.1) is 11.3 Å². The molecule has 0 bridgehead atoms. The van der Waals surface area contributed by atoms with E-state index in [1.807, 2.05) is 35.7 Å². The lowest BCUT2D eigenvalue weighted by atomic mass is 10.1. The average Bonchev–Trinajstić information content (AvgIpc) is 2.92. The van der Waals surface area contributed by atoms with Gasteiger partial charge in [0.05, 0.1) is 5.69 Å². The first kappa shape index (κ1) is 18.3. The number of aryl methyl sites for hydroxylation is 1. The lowest BCUT2D eigenvalue weighted by Crippen LogP contribution is -2.35. The molecule has 1 amide bonds. The summed E-state index contributed by atoms with van der Waals surface area (Å²) in [5.41, 5.74) is 3.15. The van der Waals surface area contributed by atoms with Gasteiger partial charge in [-0.1, -0.05) is 19.1 Å². The van der Waals surface area contributed by atoms with E-state index in [0.29, 0.717) is 0 Å². The van der Waals surface area contributed by atoms with Gasteiger partial charge in [-0.25, -0.2) is 4.98 Å². The third-order valence-corrected chi connectivity index (χ3v) is 6.30. The Morgan fingerprint density at radius 3 is 2.68 bits per heavy atom. The van der Waals surface area contributed by atoms with Gasteiger partial charge in [-0.05, 0) is 36.8 Å². The molecule has 0 N–H and O–H groups in total. The number of anilines is 1. The number of benzene rings is 1. The van der Waals surface area contributed by atoms with Crippen molar-refractivity contribution in [3.8, 4) is 0 Å². The van der Waals surface area contributed by atoms with Gasteiger partial charge in [0.1, 0.15) is 0 Å². The second-order valence-electron chi connectivity index (χ2n) is 6.24. The molecule has 0 unspecified atom stereocenters. The summed E-state index contributed by atoms with van der Waals surface area (Å²) in [6.07, 6.45) is 0.982. The minimum atomic E-state index is 0.145. The monoisotopic (exact) mass is 375 g/mol. The Morgan fingerprint density at radius 1 is 1.20 bits per heavy atom. The fourth-order valence-corrected chi connectivity index (χ4v) is 4.43. The highest BCUT2D eigenvalue weighted by molar-refractivity contribution is 7.98. The molecule has 134 valence electrons. The molecule has 2 heterocycles. The topological polar surface area (TPSA) is 36.4 Å². The summed E-state index contributed by atoms with van der Waals surface area (Å²) >= 11 is 3.59. The summed E-state index contributed by atoms with van der Waals surface area (Å²) in [6, 6.07) is 8.11. The molecule has 1 aromatic carbocycles. The predicted octanol–water partition coefficient (Wildman–Crippen LogP) is 4.06. The molecule has 1 saturated heterocycles. The van der Waals surface area contributed by atoms with Crippen molar-refractivity contribution >= 4 is 34.1 Å². The molecule has 0 spiro atoms. The summed E-state index contributed by atoms with van der Waals surface area (Å²) in [7, 11) is 0. The highest BCUT2D eigenvalue weighted by Gasteiger charge is 2.21. The minimum absolute atomic E-state index is 0.145. The van der Waals surface area contributed by atoms with Crippen LogP contribution in [0.5, 0.6) is 0 Å². The summed E-state index contributed by atoms with van der Waals surface area (Å²) in [6.45, 7) is 7.57. The maximum atomic E-state index is 12.8. The van der Waals surface area contributed by atoms with Crippen molar-refractivity contribution in [3.05, 3.63) is 46.5 Å². The normalized spacial score (nSPS) is 15.3. The molecule has 0 aliphatic carbocycles. The van der Waals surface area contributed by atoms with E-state index < -0.39 is 0 Å². The molecule has 1 aliphatic rings. The maximum Gasteiger partial charge on any atom is 0.253 e. The summed E-state index contributed by atoms with van der Waals surface area (Å²) in [5.74, 6) is 2.27. The third-order valence-electron chi connectivity index (χ3n) is 4.33. The molecule has 4 nitrogen and oxygen atoms in total. The van der Waals surface area contributed by atoms with Crippen molar-refractivity contribution in [2.45, 2.75) is 26.0 Å². The van der Waals surface area contributed by atoms with Crippen LogP contribution in [-0.2, 0) is 5.75 Å². The van der Waals surface area contributed by atoms with Gasteiger partial charge in [0.2, 0.25) is 0 Å². The van der Waals surface area contributed by atoms with Crippen molar-refractivity contribution in [2.75, 3.05) is 36.8 Å². The number of hydrogen-bond acceptors (Lipinski definition) is 5. The van der Waals surface area contributed by atoms with Crippen LogP contribution in [0.15, 0.2) is 29.6 Å². The summed E-state index contributed by atoms with van der Waals surface area (Å²) in [5, 5.41) is 3.16. The zero-order valence-electron chi connectivity index (χ0n) is 14.9. The van der Waals surface area contributed by atoms with Gasteiger partial charge < -0.3 is 9.80 Å². The number of hydrogen-bond donors (Lipinski definition) is 0. The van der Waals surface area contributed by atoms with Crippen molar-refractivity contribution < 1.29 is 4.79 Å². The fraction of sp³-hybridized carbons (Fsp3) is 0.474. The number of rotatable bonds is 5. The molecule has 1 aliphatic heterocycles. The van der Waals surface area contributed by atoms with E-state index in [-0.39, 0.29) is 5.91 Å². The average molecular weight is 376 g/mol. The molecule has 2 aromatic rings. The van der Waals surface area contributed by atoms with E-state index in [9.17, 15) is 4.79 Å². The number of aromatic nitrogens is 1. The van der Waals surface area contributed by atoms with Gasteiger partial charge in [-0.3, -0.25) is 4.79 Å². The second kappa shape index (κ2) is 8.72. The van der Waals surface area contributed by atoms with Crippen LogP contribution < -0.4 is 4.90 Å². The standard InChI is InChI=1S/C19H25N3OS2/c1-3-24-14-16-5-7-17(8-6-16)18(23)21-9-4-10-22(12-11-21)19-20-15(2)13-25-19/h5-8,13H,3-4,9-12,14H2,1-2H3. The summed E-state index contributed by atoms with van der Waals surface area (Å²) < 4.78 is 0. The molecule has 1 fully saturated rings. The lowest BCUT2D eigenvalue weighted by Gasteiger charge is -2.22. The SMILES string of the molecule is CCSCc1ccc(C(=O)N2CCCN(c3nc(C)cs3)CC2)cc1. The quantitative estimate of drug-likeness (QED) is 0.790. The van der Waals surface area contributed by atoms with E-state index >= 15 is 0 Å². The van der Waals surface area contributed by atoms with Crippen molar-refractivity contribution in [1.29, 1.82) is 0 Å². The van der Waals surface area contributed by atoms with E-state index in [4.69, 9.17) is 0 Å². The smallest absolute Gasteiger partial charge is 0.253 e. The molecule has 3 rings (SSSR count). The largest absolute Gasteiger partial charge is 0.346 e. The van der Waals surface area contributed by atoms with Crippen LogP contribution in [0, 0.1) is 6.92 Å².